The third-order valence-electron chi connectivity index (χ3n) is 3.36. The topological polar surface area (TPSA) is 41.1 Å². The van der Waals surface area contributed by atoms with Crippen molar-refractivity contribution in [2.45, 2.75) is 26.8 Å². The molecule has 6 heteroatoms. The number of nitrogens with one attached hydrogen (secondary N) is 2. The molecule has 23 heavy (non-hydrogen) atoms. The van der Waals surface area contributed by atoms with Gasteiger partial charge in [0.2, 0.25) is 5.91 Å². The summed E-state index contributed by atoms with van der Waals surface area (Å²) in [6.07, 6.45) is 0. The predicted molar refractivity (Wildman–Crippen MR) is 99.6 cm³/mol. The zero-order chi connectivity index (χ0) is 17.0. The minimum absolute atomic E-state index is 0.00116. The monoisotopic (exact) mass is 370 g/mol. The Morgan fingerprint density at radius 2 is 2.00 bits per heavy atom. The summed E-state index contributed by atoms with van der Waals surface area (Å²) < 4.78 is 0. The first-order valence-electron chi connectivity index (χ1n) is 7.29. The molecule has 1 aromatic carbocycles. The number of benzene rings is 1. The average molecular weight is 371 g/mol. The Kier molecular flexibility index (Phi) is 6.09. The second kappa shape index (κ2) is 7.67. The van der Waals surface area contributed by atoms with Gasteiger partial charge < -0.3 is 10.6 Å². The number of halogens is 2. The Balaban J connectivity index is 2.01. The third-order valence-corrected chi connectivity index (χ3v) is 4.86. The van der Waals surface area contributed by atoms with Gasteiger partial charge in [-0.3, -0.25) is 4.79 Å². The zero-order valence-electron chi connectivity index (χ0n) is 13.3. The minimum Gasteiger partial charge on any atom is -0.324 e. The molecule has 0 unspecified atom stereocenters. The molecule has 124 valence electrons. The van der Waals surface area contributed by atoms with Crippen molar-refractivity contribution in [3.05, 3.63) is 50.6 Å². The van der Waals surface area contributed by atoms with Crippen molar-refractivity contribution in [3.8, 4) is 0 Å². The molecule has 1 amide bonds. The summed E-state index contributed by atoms with van der Waals surface area (Å²) in [5.74, 6) is -0.153. The Morgan fingerprint density at radius 3 is 2.61 bits per heavy atom. The molecule has 0 spiro atoms. The highest BCUT2D eigenvalue weighted by Gasteiger charge is 2.27. The highest BCUT2D eigenvalue weighted by molar-refractivity contribution is 7.10. The van der Waals surface area contributed by atoms with Crippen LogP contribution in [0.4, 0.5) is 5.69 Å². The first-order valence-corrected chi connectivity index (χ1v) is 8.92. The van der Waals surface area contributed by atoms with Crippen molar-refractivity contribution in [2.24, 2.45) is 5.41 Å². The van der Waals surface area contributed by atoms with E-state index >= 15 is 0 Å². The molecule has 0 saturated heterocycles. The maximum absolute atomic E-state index is 12.2. The number of thiophene rings is 1. The van der Waals surface area contributed by atoms with Crippen LogP contribution in [0.5, 0.6) is 0 Å². The predicted octanol–water partition coefficient (Wildman–Crippen LogP) is 5.37. The van der Waals surface area contributed by atoms with Gasteiger partial charge in [0.25, 0.3) is 0 Å². The number of hydrogen-bond acceptors (Lipinski definition) is 3. The number of carbonyl (C=O) groups excluding carboxylic acids is 1. The van der Waals surface area contributed by atoms with E-state index in [0.29, 0.717) is 15.7 Å². The molecule has 2 rings (SSSR count). The molecule has 0 aliphatic heterocycles. The standard InChI is InChI=1S/C17H20Cl2N2OS/c1-17(2,3)16(14-5-4-8-23-14)20-10-15(22)21-13-9-11(18)6-7-12(13)19/h4-9,16,20H,10H2,1-3H3,(H,21,22)/t16-/m0/s1. The Hall–Kier alpha value is -1.07. The molecule has 2 aromatic rings. The summed E-state index contributed by atoms with van der Waals surface area (Å²) in [6, 6.07) is 9.19. The molecule has 0 aliphatic rings. The van der Waals surface area contributed by atoms with Crippen molar-refractivity contribution in [3.63, 3.8) is 0 Å². The number of hydrogen-bond donors (Lipinski definition) is 2. The number of amides is 1. The smallest absolute Gasteiger partial charge is 0.238 e. The van der Waals surface area contributed by atoms with Gasteiger partial charge in [0.05, 0.1) is 17.3 Å². The fourth-order valence-corrected chi connectivity index (χ4v) is 3.65. The van der Waals surface area contributed by atoms with Crippen LogP contribution in [-0.4, -0.2) is 12.5 Å². The van der Waals surface area contributed by atoms with Gasteiger partial charge in [-0.25, -0.2) is 0 Å². The molecule has 0 aliphatic carbocycles. The van der Waals surface area contributed by atoms with Gasteiger partial charge in [0, 0.05) is 15.9 Å². The van der Waals surface area contributed by atoms with Gasteiger partial charge in [0.1, 0.15) is 0 Å². The molecule has 0 bridgehead atoms. The zero-order valence-corrected chi connectivity index (χ0v) is 15.6. The van der Waals surface area contributed by atoms with E-state index in [2.05, 4.69) is 37.5 Å². The maximum atomic E-state index is 12.2. The molecule has 0 saturated carbocycles. The molecular formula is C17H20Cl2N2OS. The summed E-state index contributed by atoms with van der Waals surface area (Å²) in [5, 5.41) is 9.17. The van der Waals surface area contributed by atoms with Crippen molar-refractivity contribution in [1.82, 2.24) is 5.32 Å². The Bertz CT molecular complexity index is 666. The molecule has 0 radical (unpaired) electrons. The summed E-state index contributed by atoms with van der Waals surface area (Å²) in [5.41, 5.74) is 0.521. The normalized spacial score (nSPS) is 12.9. The summed E-state index contributed by atoms with van der Waals surface area (Å²) in [6.45, 7) is 6.64. The van der Waals surface area contributed by atoms with Crippen LogP contribution in [0.1, 0.15) is 31.7 Å². The van der Waals surface area contributed by atoms with Crippen LogP contribution >= 0.6 is 34.5 Å². The molecule has 3 nitrogen and oxygen atoms in total. The van der Waals surface area contributed by atoms with E-state index < -0.39 is 0 Å². The van der Waals surface area contributed by atoms with Crippen LogP contribution in [0.3, 0.4) is 0 Å². The van der Waals surface area contributed by atoms with E-state index in [9.17, 15) is 4.79 Å². The van der Waals surface area contributed by atoms with Gasteiger partial charge in [-0.1, -0.05) is 50.0 Å². The lowest BCUT2D eigenvalue weighted by molar-refractivity contribution is -0.115. The molecule has 1 heterocycles. The largest absolute Gasteiger partial charge is 0.324 e. The van der Waals surface area contributed by atoms with Crippen LogP contribution in [-0.2, 0) is 4.79 Å². The van der Waals surface area contributed by atoms with Crippen molar-refractivity contribution >= 4 is 46.1 Å². The van der Waals surface area contributed by atoms with Crippen molar-refractivity contribution in [2.75, 3.05) is 11.9 Å². The molecule has 1 atom stereocenters. The van der Waals surface area contributed by atoms with Crippen LogP contribution in [0, 0.1) is 5.41 Å². The second-order valence-electron chi connectivity index (χ2n) is 6.37. The molecule has 1 aromatic heterocycles. The number of rotatable bonds is 5. The highest BCUT2D eigenvalue weighted by Crippen LogP contribution is 2.35. The van der Waals surface area contributed by atoms with E-state index in [1.54, 1.807) is 29.5 Å². The van der Waals surface area contributed by atoms with Crippen LogP contribution in [0.25, 0.3) is 0 Å². The van der Waals surface area contributed by atoms with Gasteiger partial charge in [-0.2, -0.15) is 0 Å². The van der Waals surface area contributed by atoms with E-state index in [0.717, 1.165) is 0 Å². The van der Waals surface area contributed by atoms with Gasteiger partial charge in [0.15, 0.2) is 0 Å². The first kappa shape index (κ1) is 18.3. The quantitative estimate of drug-likeness (QED) is 0.742. The first-order chi connectivity index (χ1) is 10.8. The van der Waals surface area contributed by atoms with Crippen LogP contribution in [0.2, 0.25) is 10.0 Å². The summed E-state index contributed by atoms with van der Waals surface area (Å²) in [4.78, 5) is 13.4. The molecular weight excluding hydrogens is 351 g/mol. The second-order valence-corrected chi connectivity index (χ2v) is 8.19. The van der Waals surface area contributed by atoms with Gasteiger partial charge in [-0.15, -0.1) is 11.3 Å². The number of anilines is 1. The fraction of sp³-hybridized carbons (Fsp3) is 0.353. The van der Waals surface area contributed by atoms with Crippen LogP contribution < -0.4 is 10.6 Å². The van der Waals surface area contributed by atoms with Gasteiger partial charge in [-0.05, 0) is 35.1 Å². The summed E-state index contributed by atoms with van der Waals surface area (Å²) >= 11 is 13.7. The molecule has 2 N–H and O–H groups in total. The fourth-order valence-electron chi connectivity index (χ4n) is 2.27. The third kappa shape index (κ3) is 5.21. The maximum Gasteiger partial charge on any atom is 0.238 e. The van der Waals surface area contributed by atoms with Crippen molar-refractivity contribution < 1.29 is 4.79 Å². The van der Waals surface area contributed by atoms with E-state index in [4.69, 9.17) is 23.2 Å². The molecule has 0 fully saturated rings. The van der Waals surface area contributed by atoms with E-state index in [-0.39, 0.29) is 23.9 Å². The SMILES string of the molecule is CC(C)(C)[C@@H](NCC(=O)Nc1cc(Cl)ccc1Cl)c1cccs1. The lowest BCUT2D eigenvalue weighted by atomic mass is 9.86. The number of carbonyl (C=O) groups is 1. The lowest BCUT2D eigenvalue weighted by Gasteiger charge is -2.30. The van der Waals surface area contributed by atoms with E-state index in [1.165, 1.54) is 4.88 Å². The highest BCUT2D eigenvalue weighted by atomic mass is 35.5. The van der Waals surface area contributed by atoms with E-state index in [1.807, 2.05) is 11.4 Å². The minimum atomic E-state index is -0.153. The lowest BCUT2D eigenvalue weighted by Crippen LogP contribution is -2.37. The summed E-state index contributed by atoms with van der Waals surface area (Å²) in [7, 11) is 0. The Morgan fingerprint density at radius 1 is 1.26 bits per heavy atom. The van der Waals surface area contributed by atoms with Crippen molar-refractivity contribution in [1.29, 1.82) is 0 Å². The Labute approximate surface area is 151 Å². The van der Waals surface area contributed by atoms with Crippen LogP contribution in [0.15, 0.2) is 35.7 Å². The van der Waals surface area contributed by atoms with Gasteiger partial charge >= 0.3 is 0 Å². The average Bonchev–Trinajstić information content (AvgIpc) is 2.95.